The number of rotatable bonds is 50. The second-order valence-electron chi connectivity index (χ2n) is 19.0. The van der Waals surface area contributed by atoms with Gasteiger partial charge in [-0.1, -0.05) is 270 Å². The number of hydrogen-bond donors (Lipinski definition) is 3. The molecule has 0 aliphatic heterocycles. The predicted molar refractivity (Wildman–Crippen MR) is 269 cm³/mol. The molecule has 0 aromatic rings. The highest BCUT2D eigenvalue weighted by atomic mass is 16.5. The van der Waals surface area contributed by atoms with Gasteiger partial charge in [0.2, 0.25) is 5.91 Å². The highest BCUT2D eigenvalue weighted by molar-refractivity contribution is 5.78. The van der Waals surface area contributed by atoms with E-state index in [0.29, 0.717) is 12.8 Å². The Kier molecular flexibility index (Phi) is 49.0. The van der Waals surface area contributed by atoms with Crippen molar-refractivity contribution in [3.05, 3.63) is 24.3 Å². The van der Waals surface area contributed by atoms with Gasteiger partial charge in [-0.15, -0.1) is 0 Å². The molecule has 0 aliphatic carbocycles. The summed E-state index contributed by atoms with van der Waals surface area (Å²) >= 11 is 0. The van der Waals surface area contributed by atoms with E-state index in [2.05, 4.69) is 38.2 Å². The van der Waals surface area contributed by atoms with Crippen molar-refractivity contribution < 1.29 is 24.5 Å². The first-order valence-electron chi connectivity index (χ1n) is 27.6. The van der Waals surface area contributed by atoms with Crippen LogP contribution >= 0.6 is 0 Å². The van der Waals surface area contributed by atoms with Crippen LogP contribution in [0.3, 0.4) is 0 Å². The Bertz CT molecular complexity index is 981. The summed E-state index contributed by atoms with van der Waals surface area (Å²) in [5, 5.41) is 23.7. The summed E-state index contributed by atoms with van der Waals surface area (Å²) in [4.78, 5) is 26.1. The molecule has 0 aromatic heterocycles. The minimum absolute atomic E-state index is 0.0229. The minimum Gasteiger partial charge on any atom is -0.458 e. The minimum atomic E-state index is -0.806. The van der Waals surface area contributed by atoms with Crippen molar-refractivity contribution in [2.75, 3.05) is 6.61 Å². The van der Waals surface area contributed by atoms with Crippen LogP contribution in [0.25, 0.3) is 0 Å². The number of allylic oxidation sites excluding steroid dienone is 3. The molecule has 366 valence electrons. The van der Waals surface area contributed by atoms with Gasteiger partial charge >= 0.3 is 5.97 Å². The van der Waals surface area contributed by atoms with E-state index < -0.39 is 18.2 Å². The molecule has 6 nitrogen and oxygen atoms in total. The first-order chi connectivity index (χ1) is 30.5. The van der Waals surface area contributed by atoms with Gasteiger partial charge in [0.05, 0.1) is 25.2 Å². The summed E-state index contributed by atoms with van der Waals surface area (Å²) < 4.78 is 5.84. The number of carbonyl (C=O) groups excluding carboxylic acids is 2. The Hall–Kier alpha value is -1.66. The lowest BCUT2D eigenvalue weighted by Gasteiger charge is -2.23. The molecule has 62 heavy (non-hydrogen) atoms. The topological polar surface area (TPSA) is 95.9 Å². The number of aliphatic hydroxyl groups is 2. The molecule has 0 heterocycles. The molecule has 1 amide bonds. The van der Waals surface area contributed by atoms with Crippen LogP contribution in [-0.4, -0.2) is 46.9 Å². The molecule has 6 heteroatoms. The second kappa shape index (κ2) is 50.3. The second-order valence-corrected chi connectivity index (χ2v) is 19.0. The fraction of sp³-hybridized carbons (Fsp3) is 0.893. The number of esters is 1. The average molecular weight is 874 g/mol. The van der Waals surface area contributed by atoms with E-state index >= 15 is 0 Å². The highest BCUT2D eigenvalue weighted by Crippen LogP contribution is 2.17. The Morgan fingerprint density at radius 3 is 1.26 bits per heavy atom. The molecule has 0 saturated carbocycles. The molecule has 0 saturated heterocycles. The molecule has 0 bridgehead atoms. The third-order valence-corrected chi connectivity index (χ3v) is 12.8. The zero-order chi connectivity index (χ0) is 45.2. The van der Waals surface area contributed by atoms with Gasteiger partial charge in [0, 0.05) is 6.42 Å². The van der Waals surface area contributed by atoms with E-state index in [0.717, 1.165) is 51.4 Å². The summed E-state index contributed by atoms with van der Waals surface area (Å²) in [5.41, 5.74) is 0. The predicted octanol–water partition coefficient (Wildman–Crippen LogP) is 16.7. The molecule has 3 N–H and O–H groups in total. The third kappa shape index (κ3) is 44.9. The molecule has 3 atom stereocenters. The number of amides is 1. The maximum absolute atomic E-state index is 13.2. The molecule has 3 unspecified atom stereocenters. The van der Waals surface area contributed by atoms with Crippen molar-refractivity contribution >= 4 is 11.9 Å². The van der Waals surface area contributed by atoms with Gasteiger partial charge in [0.15, 0.2) is 0 Å². The number of hydrogen-bond acceptors (Lipinski definition) is 5. The fourth-order valence-corrected chi connectivity index (χ4v) is 8.57. The van der Waals surface area contributed by atoms with E-state index in [-0.39, 0.29) is 24.9 Å². The summed E-state index contributed by atoms with van der Waals surface area (Å²) in [7, 11) is 0. The zero-order valence-corrected chi connectivity index (χ0v) is 41.8. The molecule has 0 spiro atoms. The number of carbonyl (C=O) groups is 2. The van der Waals surface area contributed by atoms with Gasteiger partial charge in [0.25, 0.3) is 0 Å². The molecule has 0 rings (SSSR count). The van der Waals surface area contributed by atoms with Gasteiger partial charge in [0.1, 0.15) is 6.10 Å². The van der Waals surface area contributed by atoms with Gasteiger partial charge in [-0.3, -0.25) is 9.59 Å². The monoisotopic (exact) mass is 874 g/mol. The summed E-state index contributed by atoms with van der Waals surface area (Å²) in [6.45, 7) is 6.47. The van der Waals surface area contributed by atoms with Crippen molar-refractivity contribution in [3.8, 4) is 0 Å². The highest BCUT2D eigenvalue weighted by Gasteiger charge is 2.23. The number of nitrogens with one attached hydrogen (secondary N) is 1. The van der Waals surface area contributed by atoms with Crippen LogP contribution in [-0.2, 0) is 14.3 Å². The summed E-state index contributed by atoms with van der Waals surface area (Å²) in [6, 6.07) is -0.727. The Morgan fingerprint density at radius 1 is 0.484 bits per heavy atom. The van der Waals surface area contributed by atoms with Crippen LogP contribution in [0.4, 0.5) is 0 Å². The van der Waals surface area contributed by atoms with Crippen LogP contribution in [0.15, 0.2) is 24.3 Å². The van der Waals surface area contributed by atoms with Crippen LogP contribution in [0.2, 0.25) is 0 Å². The third-order valence-electron chi connectivity index (χ3n) is 12.8. The Labute approximate surface area is 386 Å². The molecular formula is C56H107NO5. The van der Waals surface area contributed by atoms with E-state index in [9.17, 15) is 19.8 Å². The molecule has 0 fully saturated rings. The number of ether oxygens (including phenoxy) is 1. The van der Waals surface area contributed by atoms with Crippen LogP contribution in [0, 0.1) is 0 Å². The summed E-state index contributed by atoms with van der Waals surface area (Å²) in [6.07, 6.45) is 58.5. The fourth-order valence-electron chi connectivity index (χ4n) is 8.57. The Balaban J connectivity index is 4.49. The van der Waals surface area contributed by atoms with E-state index in [1.807, 2.05) is 12.2 Å². The van der Waals surface area contributed by atoms with E-state index in [4.69, 9.17) is 4.74 Å². The molecule has 0 aromatic carbocycles. The van der Waals surface area contributed by atoms with Crippen molar-refractivity contribution in [2.45, 2.75) is 315 Å². The largest absolute Gasteiger partial charge is 0.458 e. The zero-order valence-electron chi connectivity index (χ0n) is 41.8. The molecule has 0 aliphatic rings. The first-order valence-corrected chi connectivity index (χ1v) is 27.6. The van der Waals surface area contributed by atoms with Gasteiger partial charge in [-0.05, 0) is 38.2 Å². The van der Waals surface area contributed by atoms with Gasteiger partial charge in [-0.25, -0.2) is 0 Å². The smallest absolute Gasteiger partial charge is 0.306 e. The van der Waals surface area contributed by atoms with Crippen LogP contribution in [0.1, 0.15) is 297 Å². The summed E-state index contributed by atoms with van der Waals surface area (Å²) in [5.74, 6) is -0.586. The van der Waals surface area contributed by atoms with Crippen molar-refractivity contribution in [1.82, 2.24) is 5.32 Å². The van der Waals surface area contributed by atoms with Gasteiger partial charge in [-0.2, -0.15) is 0 Å². The van der Waals surface area contributed by atoms with Crippen LogP contribution in [0.5, 0.6) is 0 Å². The first kappa shape index (κ1) is 60.3. The number of unbranched alkanes of at least 4 members (excludes halogenated alkanes) is 36. The standard InChI is InChI=1S/C56H107NO5/c1-4-7-10-13-16-19-22-24-25-26-27-28-29-31-34-37-40-43-46-49-56(61)62-52(47-44-41-38-35-32-21-18-15-12-9-6-3)50-55(60)57-53(51-58)54(59)48-45-42-39-36-33-30-23-20-17-14-11-8-5-2/h35,38,44,47,52-54,58-59H,4-34,36-37,39-43,45-46,48-51H2,1-3H3,(H,57,60)/b38-35-,47-44+. The van der Waals surface area contributed by atoms with Gasteiger partial charge < -0.3 is 20.3 Å². The van der Waals surface area contributed by atoms with Crippen LogP contribution < -0.4 is 5.32 Å². The van der Waals surface area contributed by atoms with Crippen molar-refractivity contribution in [1.29, 1.82) is 0 Å². The maximum atomic E-state index is 13.2. The average Bonchev–Trinajstić information content (AvgIpc) is 3.26. The molecule has 0 radical (unpaired) electrons. The molecular weight excluding hydrogens is 767 g/mol. The maximum Gasteiger partial charge on any atom is 0.306 e. The van der Waals surface area contributed by atoms with Crippen molar-refractivity contribution in [2.24, 2.45) is 0 Å². The quantitative estimate of drug-likeness (QED) is 0.0321. The lowest BCUT2D eigenvalue weighted by molar-refractivity contribution is -0.148. The van der Waals surface area contributed by atoms with E-state index in [1.54, 1.807) is 0 Å². The normalized spacial score (nSPS) is 13.3. The van der Waals surface area contributed by atoms with Crippen molar-refractivity contribution in [3.63, 3.8) is 0 Å². The van der Waals surface area contributed by atoms with E-state index in [1.165, 1.54) is 205 Å². The number of aliphatic hydroxyl groups excluding tert-OH is 2. The lowest BCUT2D eigenvalue weighted by Crippen LogP contribution is -2.46. The lowest BCUT2D eigenvalue weighted by atomic mass is 10.0. The SMILES string of the molecule is CCCCCCCC/C=C\C/C=C/C(CC(=O)NC(CO)C(O)CCCCCCCCCCCCCCC)OC(=O)CCCCCCCCCCCCCCCCCCCCC. The Morgan fingerprint density at radius 2 is 0.855 bits per heavy atom.